The molecule has 5 aromatic rings. The number of aromatic nitrogens is 4. The third-order valence-electron chi connectivity index (χ3n) is 15.3. The maximum Gasteiger partial charge on any atom is 0.327 e. The highest BCUT2D eigenvalue weighted by Crippen LogP contribution is 2.53. The van der Waals surface area contributed by atoms with Crippen molar-refractivity contribution < 1.29 is 83.2 Å². The van der Waals surface area contributed by atoms with Crippen molar-refractivity contribution in [1.82, 2.24) is 40.9 Å². The molecular formula is C56H62N12O18S. The Kier molecular flexibility index (Phi) is 18.6. The van der Waals surface area contributed by atoms with Gasteiger partial charge in [0.1, 0.15) is 28.9 Å². The highest BCUT2D eigenvalue weighted by molar-refractivity contribution is 8.00. The topological polar surface area (TPSA) is 473 Å². The molecule has 9 atom stereocenters. The van der Waals surface area contributed by atoms with Crippen LogP contribution in [0, 0.1) is 0 Å². The molecule has 30 nitrogen and oxygen atoms in total. The number of fused-ring (bicyclic) bond motifs is 4. The van der Waals surface area contributed by atoms with Gasteiger partial charge in [-0.15, -0.1) is 11.8 Å². The summed E-state index contributed by atoms with van der Waals surface area (Å²) in [6.45, 7) is 1.90. The number of methoxy groups -OCH3 is 1. The number of ketones is 2. The first kappa shape index (κ1) is 62.5. The van der Waals surface area contributed by atoms with Crippen molar-refractivity contribution in [3.63, 3.8) is 0 Å². The number of nitrogens with two attached hydrogens (primary N) is 2. The molecule has 2 aliphatic carbocycles. The number of aromatic hydroxyl groups is 2. The molecule has 5 amide bonds. The molecule has 15 N–H and O–H groups in total. The summed E-state index contributed by atoms with van der Waals surface area (Å²) < 4.78 is 17.5. The number of imide groups is 1. The number of aromatic amines is 1. The van der Waals surface area contributed by atoms with E-state index in [4.69, 9.17) is 25.7 Å². The zero-order valence-corrected chi connectivity index (χ0v) is 47.7. The quantitative estimate of drug-likeness (QED) is 0.0177. The van der Waals surface area contributed by atoms with Gasteiger partial charge >= 0.3 is 5.97 Å². The maximum absolute atomic E-state index is 14.1. The zero-order chi connectivity index (χ0) is 62.8. The summed E-state index contributed by atoms with van der Waals surface area (Å²) in [6, 6.07) is 7.82. The molecule has 2 aromatic heterocycles. The first-order chi connectivity index (χ1) is 41.4. The van der Waals surface area contributed by atoms with Crippen molar-refractivity contribution in [3.05, 3.63) is 104 Å². The Bertz CT molecular complexity index is 3690. The van der Waals surface area contributed by atoms with Gasteiger partial charge in [-0.3, -0.25) is 48.2 Å². The number of phenolic OH excluding ortho intramolecular Hbond substituents is 2. The van der Waals surface area contributed by atoms with Crippen LogP contribution in [0.4, 0.5) is 11.6 Å². The van der Waals surface area contributed by atoms with Crippen molar-refractivity contribution in [2.45, 2.75) is 119 Å². The summed E-state index contributed by atoms with van der Waals surface area (Å²) >= 11 is 0.813. The van der Waals surface area contributed by atoms with Crippen molar-refractivity contribution in [3.8, 4) is 17.2 Å². The monoisotopic (exact) mass is 1220 g/mol. The number of amides is 5. The predicted molar refractivity (Wildman–Crippen MR) is 306 cm³/mol. The lowest BCUT2D eigenvalue weighted by Gasteiger charge is -2.43. The normalized spacial score (nSPS) is 22.4. The molecule has 0 bridgehead atoms. The number of aliphatic hydroxyl groups is 3. The van der Waals surface area contributed by atoms with E-state index in [1.807, 2.05) is 0 Å². The van der Waals surface area contributed by atoms with Crippen LogP contribution in [0.15, 0.2) is 58.6 Å². The minimum Gasteiger partial charge on any atom is -0.507 e. The first-order valence-corrected chi connectivity index (χ1v) is 28.4. The number of thioether (sulfide) groups is 1. The Labute approximate surface area is 497 Å². The minimum absolute atomic E-state index is 0.0210. The van der Waals surface area contributed by atoms with Crippen molar-refractivity contribution in [2.24, 2.45) is 10.8 Å². The van der Waals surface area contributed by atoms with Crippen molar-refractivity contribution >= 4 is 87.3 Å². The fourth-order valence-electron chi connectivity index (χ4n) is 10.7. The lowest BCUT2D eigenvalue weighted by molar-refractivity contribution is -0.245. The Hall–Kier alpha value is -8.98. The summed E-state index contributed by atoms with van der Waals surface area (Å²) in [6.07, 6.45) is -5.53. The number of carbonyl (C=O) groups is 8. The number of phenols is 2. The molecule has 3 aromatic carbocycles. The van der Waals surface area contributed by atoms with Crippen LogP contribution in [0.3, 0.4) is 0 Å². The minimum atomic E-state index is -2.34. The van der Waals surface area contributed by atoms with Crippen molar-refractivity contribution in [2.75, 3.05) is 37.1 Å². The van der Waals surface area contributed by atoms with E-state index in [-0.39, 0.29) is 83.1 Å². The van der Waals surface area contributed by atoms with Crippen LogP contribution in [-0.4, -0.2) is 182 Å². The van der Waals surface area contributed by atoms with Crippen LogP contribution < -0.4 is 43.1 Å². The number of anilines is 2. The fourth-order valence-corrected chi connectivity index (χ4v) is 11.9. The Morgan fingerprint density at radius 1 is 0.989 bits per heavy atom. The molecule has 4 heterocycles. The van der Waals surface area contributed by atoms with Gasteiger partial charge in [0.15, 0.2) is 23.2 Å². The zero-order valence-electron chi connectivity index (χ0n) is 46.9. The number of carboxylic acid groups (broad SMARTS) is 1. The second-order valence-corrected chi connectivity index (χ2v) is 22.5. The molecule has 0 radical (unpaired) electrons. The van der Waals surface area contributed by atoms with E-state index in [2.05, 4.69) is 46.4 Å². The number of ether oxygens (including phenoxy) is 3. The summed E-state index contributed by atoms with van der Waals surface area (Å²) in [5.74, 6) is -8.49. The van der Waals surface area contributed by atoms with Gasteiger partial charge in [0, 0.05) is 90.8 Å². The van der Waals surface area contributed by atoms with Gasteiger partial charge < -0.3 is 72.3 Å². The molecule has 31 heteroatoms. The molecule has 3 unspecified atom stereocenters. The van der Waals surface area contributed by atoms with Crippen LogP contribution >= 0.6 is 11.8 Å². The van der Waals surface area contributed by atoms with E-state index in [9.17, 15) is 73.8 Å². The molecule has 2 aliphatic heterocycles. The van der Waals surface area contributed by atoms with Gasteiger partial charge in [0.2, 0.25) is 35.4 Å². The Morgan fingerprint density at radius 3 is 2.43 bits per heavy atom. The SMILES string of the molecule is COc1cccc2c1C(=O)c1c(O)c3c(c(O)c1C2=O)C[C@@](O)(/C(CO)=N\NC(=O)CCN1C(=O)CC(SC[C@H](NC(=O)CC[C@@H](C)NC(=O)c2ccc(NCc4cnc5nc(N)[nH]c(=O)c5n4)cc2)C(=O)O)C1=O)C[C@@H]3O[C@H]1CC(N)[C@H](O)C(C)O1. The standard InChI is InChI=1S/C56H62N12O18S/c1-23(61-51(78)25-8-10-26(11-9-25)59-19-27-20-60-50-44(62-27)52(79)65-55(58)64-50)7-12-36(70)63-31(54(81)82)22-87-34-16-38(72)68(53(34)80)14-13-37(71)67-66-35(21-69)56(83)17-29-41(33(18-56)86-39-15-30(57)45(73)24(2)85-39)49(77)43-42(47(29)75)46(74)28-5-4-6-32(84-3)40(28)48(43)76/h4-6,8-11,20,23-24,30-31,33-34,39,45,59,69,73,75,77,83H,7,12-19,21-22,57H2,1-3H3,(H,61,78)(H,63,70)(H,67,71)(H,81,82)(H3,58,60,64,65,79)/b66-35-/t23-,24?,30?,31+,33+,34?,39+,45-,56+/m1/s1. The highest BCUT2D eigenvalue weighted by Gasteiger charge is 2.50. The lowest BCUT2D eigenvalue weighted by atomic mass is 9.71. The Morgan fingerprint density at radius 2 is 1.72 bits per heavy atom. The van der Waals surface area contributed by atoms with E-state index < -0.39 is 167 Å². The smallest absolute Gasteiger partial charge is 0.327 e. The largest absolute Gasteiger partial charge is 0.507 e. The number of nitrogen functional groups attached to an aromatic ring is 1. The van der Waals surface area contributed by atoms with E-state index in [0.29, 0.717) is 16.9 Å². The molecule has 9 rings (SSSR count). The third kappa shape index (κ3) is 13.2. The number of hydrogen-bond donors (Lipinski definition) is 13. The Balaban J connectivity index is 0.769. The number of carboxylic acids is 1. The van der Waals surface area contributed by atoms with E-state index >= 15 is 0 Å². The predicted octanol–water partition coefficient (Wildman–Crippen LogP) is -0.456. The number of likely N-dealkylation sites (tertiary alicyclic amines) is 1. The average molecular weight is 1220 g/mol. The molecule has 0 saturated carbocycles. The van der Waals surface area contributed by atoms with Crippen LogP contribution in [0.25, 0.3) is 11.2 Å². The van der Waals surface area contributed by atoms with E-state index in [1.54, 1.807) is 31.2 Å². The van der Waals surface area contributed by atoms with Crippen LogP contribution in [-0.2, 0) is 46.4 Å². The fraction of sp³-hybridized carbons (Fsp3) is 0.411. The average Bonchev–Trinajstić information content (AvgIpc) is 1.90. The number of hydrazone groups is 1. The number of rotatable bonds is 22. The van der Waals surface area contributed by atoms with Crippen LogP contribution in [0.1, 0.15) is 117 Å². The number of aliphatic carboxylic acids is 1. The van der Waals surface area contributed by atoms with Gasteiger partial charge in [-0.25, -0.2) is 20.2 Å². The number of carbonyl (C=O) groups excluding carboxylic acids is 7. The summed E-state index contributed by atoms with van der Waals surface area (Å²) in [7, 11) is 1.28. The number of nitrogens with zero attached hydrogens (tertiary/aromatic N) is 5. The summed E-state index contributed by atoms with van der Waals surface area (Å²) in [4.78, 5) is 134. The molecule has 0 spiro atoms. The van der Waals surface area contributed by atoms with Crippen LogP contribution in [0.5, 0.6) is 17.2 Å². The first-order valence-electron chi connectivity index (χ1n) is 27.3. The molecular weight excluding hydrogens is 1160 g/mol. The molecule has 2 saturated heterocycles. The number of benzene rings is 3. The second kappa shape index (κ2) is 25.9. The van der Waals surface area contributed by atoms with Gasteiger partial charge in [0.25, 0.3) is 11.5 Å². The number of aliphatic hydroxyl groups excluding tert-OH is 2. The maximum atomic E-state index is 14.1. The van der Waals surface area contributed by atoms with Gasteiger partial charge in [-0.05, 0) is 50.6 Å². The lowest BCUT2D eigenvalue weighted by Crippen LogP contribution is -2.53. The molecule has 4 aliphatic rings. The third-order valence-corrected chi connectivity index (χ3v) is 16.6. The van der Waals surface area contributed by atoms with Gasteiger partial charge in [-0.2, -0.15) is 10.1 Å². The second-order valence-electron chi connectivity index (χ2n) is 21.3. The van der Waals surface area contributed by atoms with E-state index in [1.165, 1.54) is 38.4 Å². The number of nitrogens with one attached hydrogen (secondary N) is 5. The van der Waals surface area contributed by atoms with Crippen LogP contribution in [0.2, 0.25) is 0 Å². The van der Waals surface area contributed by atoms with Gasteiger partial charge in [0.05, 0.1) is 78.1 Å². The molecule has 2 fully saturated rings. The van der Waals surface area contributed by atoms with E-state index in [0.717, 1.165) is 16.7 Å². The highest BCUT2D eigenvalue weighted by atomic mass is 32.2. The molecule has 87 heavy (non-hydrogen) atoms. The van der Waals surface area contributed by atoms with Crippen molar-refractivity contribution in [1.29, 1.82) is 0 Å². The van der Waals surface area contributed by atoms with Gasteiger partial charge in [-0.1, -0.05) is 12.1 Å². The summed E-state index contributed by atoms with van der Waals surface area (Å²) in [5.41, 5.74) is 10.1. The summed E-state index contributed by atoms with van der Waals surface area (Å²) in [5, 5.41) is 78.6. The molecule has 460 valence electrons. The number of H-pyrrole nitrogens is 1. The number of hydrogen-bond acceptors (Lipinski definition) is 25.